The van der Waals surface area contributed by atoms with Gasteiger partial charge in [-0.1, -0.05) is 6.42 Å². The Balaban J connectivity index is 2.42. The van der Waals surface area contributed by atoms with E-state index in [0.717, 1.165) is 25.8 Å². The summed E-state index contributed by atoms with van der Waals surface area (Å²) in [5.41, 5.74) is 0. The molecular formula is C10H16N2O2. The third-order valence-corrected chi connectivity index (χ3v) is 2.67. The molecule has 0 aliphatic carbocycles. The summed E-state index contributed by atoms with van der Waals surface area (Å²) in [4.78, 5) is 12.7. The van der Waals surface area contributed by atoms with Crippen molar-refractivity contribution in [1.82, 2.24) is 4.90 Å². The summed E-state index contributed by atoms with van der Waals surface area (Å²) >= 11 is 0. The van der Waals surface area contributed by atoms with Gasteiger partial charge >= 0.3 is 5.97 Å². The van der Waals surface area contributed by atoms with Crippen LogP contribution >= 0.6 is 0 Å². The molecule has 78 valence electrons. The smallest absolute Gasteiger partial charge is 0.304 e. The highest BCUT2D eigenvalue weighted by Crippen LogP contribution is 2.19. The Labute approximate surface area is 84.1 Å². The normalized spacial score (nSPS) is 22.9. The summed E-state index contributed by atoms with van der Waals surface area (Å²) in [5.74, 6) is -0.737. The van der Waals surface area contributed by atoms with Crippen molar-refractivity contribution in [2.45, 2.75) is 38.1 Å². The molecule has 0 aromatic rings. The molecule has 4 nitrogen and oxygen atoms in total. The van der Waals surface area contributed by atoms with Gasteiger partial charge in [0.1, 0.15) is 0 Å². The van der Waals surface area contributed by atoms with E-state index < -0.39 is 5.97 Å². The lowest BCUT2D eigenvalue weighted by atomic mass is 9.99. The Kier molecular flexibility index (Phi) is 4.41. The molecule has 1 unspecified atom stereocenters. The first-order chi connectivity index (χ1) is 6.74. The van der Waals surface area contributed by atoms with E-state index in [4.69, 9.17) is 10.4 Å². The Morgan fingerprint density at radius 2 is 2.36 bits per heavy atom. The molecule has 1 N–H and O–H groups in total. The molecule has 0 spiro atoms. The number of hydrogen-bond donors (Lipinski definition) is 1. The van der Waals surface area contributed by atoms with Crippen molar-refractivity contribution in [1.29, 1.82) is 5.26 Å². The number of carboxylic acids is 1. The number of carboxylic acid groups (broad SMARTS) is 1. The van der Waals surface area contributed by atoms with Gasteiger partial charge in [0.15, 0.2) is 0 Å². The van der Waals surface area contributed by atoms with Crippen LogP contribution in [0.5, 0.6) is 0 Å². The number of piperidine rings is 1. The molecule has 1 saturated heterocycles. The molecule has 14 heavy (non-hydrogen) atoms. The Bertz CT molecular complexity index is 235. The standard InChI is InChI=1S/C10H16N2O2/c11-5-3-7-12-6-2-1-4-9(12)8-10(13)14/h9H,1-4,6-8H2,(H,13,14). The molecule has 1 heterocycles. The monoisotopic (exact) mass is 196 g/mol. The summed E-state index contributed by atoms with van der Waals surface area (Å²) in [6.45, 7) is 1.66. The van der Waals surface area contributed by atoms with Gasteiger partial charge in [-0.3, -0.25) is 9.69 Å². The average Bonchev–Trinajstić information content (AvgIpc) is 2.16. The highest BCUT2D eigenvalue weighted by atomic mass is 16.4. The van der Waals surface area contributed by atoms with Gasteiger partial charge in [-0.15, -0.1) is 0 Å². The van der Waals surface area contributed by atoms with Gasteiger partial charge in [-0.2, -0.15) is 5.26 Å². The fourth-order valence-electron chi connectivity index (χ4n) is 1.98. The average molecular weight is 196 g/mol. The van der Waals surface area contributed by atoms with Crippen molar-refractivity contribution in [2.75, 3.05) is 13.1 Å². The third kappa shape index (κ3) is 3.35. The number of carbonyl (C=O) groups is 1. The first-order valence-corrected chi connectivity index (χ1v) is 5.07. The minimum atomic E-state index is -0.737. The first-order valence-electron chi connectivity index (χ1n) is 5.07. The zero-order valence-corrected chi connectivity index (χ0v) is 8.28. The lowest BCUT2D eigenvalue weighted by Crippen LogP contribution is -2.41. The van der Waals surface area contributed by atoms with Crippen LogP contribution in [0.4, 0.5) is 0 Å². The topological polar surface area (TPSA) is 64.3 Å². The molecule has 1 fully saturated rings. The number of nitriles is 1. The van der Waals surface area contributed by atoms with E-state index in [0.29, 0.717) is 13.0 Å². The quantitative estimate of drug-likeness (QED) is 0.734. The van der Waals surface area contributed by atoms with Gasteiger partial charge in [-0.25, -0.2) is 0 Å². The first kappa shape index (κ1) is 11.0. The zero-order chi connectivity index (χ0) is 10.4. The van der Waals surface area contributed by atoms with Crippen LogP contribution in [0, 0.1) is 11.3 Å². The maximum Gasteiger partial charge on any atom is 0.304 e. The molecule has 0 aromatic carbocycles. The van der Waals surface area contributed by atoms with E-state index in [9.17, 15) is 4.79 Å². The van der Waals surface area contributed by atoms with Crippen molar-refractivity contribution in [3.05, 3.63) is 0 Å². The Morgan fingerprint density at radius 3 is 3.00 bits per heavy atom. The van der Waals surface area contributed by atoms with Gasteiger partial charge in [-0.05, 0) is 19.4 Å². The number of aliphatic carboxylic acids is 1. The van der Waals surface area contributed by atoms with Crippen molar-refractivity contribution in [3.8, 4) is 6.07 Å². The van der Waals surface area contributed by atoms with Crippen LogP contribution in [0.2, 0.25) is 0 Å². The van der Waals surface area contributed by atoms with E-state index in [-0.39, 0.29) is 12.5 Å². The highest BCUT2D eigenvalue weighted by Gasteiger charge is 2.23. The molecule has 1 aliphatic rings. The van der Waals surface area contributed by atoms with Crippen molar-refractivity contribution in [3.63, 3.8) is 0 Å². The van der Waals surface area contributed by atoms with Gasteiger partial charge in [0.05, 0.1) is 12.5 Å². The van der Waals surface area contributed by atoms with Gasteiger partial charge in [0, 0.05) is 19.0 Å². The second-order valence-corrected chi connectivity index (χ2v) is 3.69. The molecule has 0 bridgehead atoms. The third-order valence-electron chi connectivity index (χ3n) is 2.67. The fraction of sp³-hybridized carbons (Fsp3) is 0.800. The number of rotatable bonds is 4. The van der Waals surface area contributed by atoms with Crippen molar-refractivity contribution < 1.29 is 9.90 Å². The zero-order valence-electron chi connectivity index (χ0n) is 8.28. The summed E-state index contributed by atoms with van der Waals surface area (Å²) in [7, 11) is 0. The van der Waals surface area contributed by atoms with Crippen LogP contribution in [0.15, 0.2) is 0 Å². The van der Waals surface area contributed by atoms with Crippen LogP contribution in [0.25, 0.3) is 0 Å². The Hall–Kier alpha value is -1.08. The van der Waals surface area contributed by atoms with Crippen LogP contribution < -0.4 is 0 Å². The molecule has 4 heteroatoms. The second kappa shape index (κ2) is 5.61. The fourth-order valence-corrected chi connectivity index (χ4v) is 1.98. The maximum absolute atomic E-state index is 10.6. The molecule has 1 aliphatic heterocycles. The highest BCUT2D eigenvalue weighted by molar-refractivity contribution is 5.67. The van der Waals surface area contributed by atoms with Gasteiger partial charge in [0.25, 0.3) is 0 Å². The van der Waals surface area contributed by atoms with E-state index in [1.54, 1.807) is 0 Å². The summed E-state index contributed by atoms with van der Waals surface area (Å²) in [6, 6.07) is 2.25. The van der Waals surface area contributed by atoms with Crippen LogP contribution in [-0.4, -0.2) is 35.1 Å². The second-order valence-electron chi connectivity index (χ2n) is 3.69. The predicted octanol–water partition coefficient (Wildman–Crippen LogP) is 1.23. The maximum atomic E-state index is 10.6. The van der Waals surface area contributed by atoms with Crippen LogP contribution in [0.1, 0.15) is 32.1 Å². The summed E-state index contributed by atoms with van der Waals surface area (Å²) in [6.07, 6.45) is 3.90. The van der Waals surface area contributed by atoms with E-state index in [2.05, 4.69) is 11.0 Å². The van der Waals surface area contributed by atoms with Crippen molar-refractivity contribution in [2.24, 2.45) is 0 Å². The van der Waals surface area contributed by atoms with E-state index >= 15 is 0 Å². The number of nitrogens with zero attached hydrogens (tertiary/aromatic N) is 2. The summed E-state index contributed by atoms with van der Waals surface area (Å²) in [5, 5.41) is 17.2. The molecule has 0 radical (unpaired) electrons. The Morgan fingerprint density at radius 1 is 1.57 bits per heavy atom. The van der Waals surface area contributed by atoms with Crippen molar-refractivity contribution >= 4 is 5.97 Å². The lowest BCUT2D eigenvalue weighted by Gasteiger charge is -2.34. The van der Waals surface area contributed by atoms with Gasteiger partial charge < -0.3 is 5.11 Å². The van der Waals surface area contributed by atoms with Crippen LogP contribution in [0.3, 0.4) is 0 Å². The minimum absolute atomic E-state index is 0.148. The number of hydrogen-bond acceptors (Lipinski definition) is 3. The molecule has 1 rings (SSSR count). The molecule has 1 atom stereocenters. The summed E-state index contributed by atoms with van der Waals surface area (Å²) < 4.78 is 0. The molecule has 0 saturated carbocycles. The van der Waals surface area contributed by atoms with Gasteiger partial charge in [0.2, 0.25) is 0 Å². The van der Waals surface area contributed by atoms with E-state index in [1.807, 2.05) is 0 Å². The largest absolute Gasteiger partial charge is 0.481 e. The number of likely N-dealkylation sites (tertiary alicyclic amines) is 1. The minimum Gasteiger partial charge on any atom is -0.481 e. The van der Waals surface area contributed by atoms with E-state index in [1.165, 1.54) is 0 Å². The predicted molar refractivity (Wildman–Crippen MR) is 51.7 cm³/mol. The SMILES string of the molecule is N#CCCN1CCCCC1CC(=O)O. The lowest BCUT2D eigenvalue weighted by molar-refractivity contribution is -0.138. The van der Waals surface area contributed by atoms with Crippen LogP contribution in [-0.2, 0) is 4.79 Å². The molecule has 0 aromatic heterocycles. The molecular weight excluding hydrogens is 180 g/mol. The molecule has 0 amide bonds.